The van der Waals surface area contributed by atoms with E-state index >= 15 is 0 Å². The van der Waals surface area contributed by atoms with Crippen LogP contribution in [0.15, 0.2) is 62.9 Å². The molecular formula is C18H16N4O3S. The normalized spacial score (nSPS) is 12.3. The van der Waals surface area contributed by atoms with Crippen molar-refractivity contribution in [3.05, 3.63) is 54.6 Å². The van der Waals surface area contributed by atoms with Gasteiger partial charge in [-0.2, -0.15) is 0 Å². The maximum absolute atomic E-state index is 12.1. The van der Waals surface area contributed by atoms with Gasteiger partial charge in [-0.1, -0.05) is 30.0 Å². The maximum atomic E-state index is 12.1. The van der Waals surface area contributed by atoms with E-state index in [0.29, 0.717) is 16.9 Å². The smallest absolute Gasteiger partial charge is 0.277 e. The quantitative estimate of drug-likeness (QED) is 0.503. The van der Waals surface area contributed by atoms with E-state index in [1.54, 1.807) is 12.3 Å². The zero-order valence-electron chi connectivity index (χ0n) is 13.9. The number of hydrogen-bond donors (Lipinski definition) is 2. The third kappa shape index (κ3) is 3.36. The summed E-state index contributed by atoms with van der Waals surface area (Å²) in [7, 11) is 0. The van der Waals surface area contributed by atoms with Crippen molar-refractivity contribution in [3.63, 3.8) is 0 Å². The molecule has 0 saturated carbocycles. The highest BCUT2D eigenvalue weighted by atomic mass is 32.2. The largest absolute Gasteiger partial charge is 0.467 e. The Hall–Kier alpha value is -3.00. The molecule has 132 valence electrons. The number of thioether (sulfide) groups is 1. The summed E-state index contributed by atoms with van der Waals surface area (Å²) >= 11 is 1.20. The fraction of sp³-hybridized carbons (Fsp3) is 0.167. The second-order valence-corrected chi connectivity index (χ2v) is 6.64. The standard InChI is InChI=1S/C18H16N4O3S/c1-11(15-7-4-8-24-15)20-16(23)10-26-18-22-21-17(25-18)13-9-19-14-6-3-2-5-12(13)14/h2-9,11,19H,10H2,1H3,(H,20,23)/t11-/m1/s1. The Balaban J connectivity index is 1.39. The van der Waals surface area contributed by atoms with E-state index in [9.17, 15) is 4.79 Å². The molecule has 26 heavy (non-hydrogen) atoms. The molecule has 8 heteroatoms. The number of benzene rings is 1. The van der Waals surface area contributed by atoms with Crippen molar-refractivity contribution in [3.8, 4) is 11.5 Å². The van der Waals surface area contributed by atoms with E-state index in [4.69, 9.17) is 8.83 Å². The van der Waals surface area contributed by atoms with Crippen molar-refractivity contribution in [2.75, 3.05) is 5.75 Å². The summed E-state index contributed by atoms with van der Waals surface area (Å²) in [6.07, 6.45) is 3.42. The van der Waals surface area contributed by atoms with Crippen LogP contribution in [0.2, 0.25) is 0 Å². The predicted molar refractivity (Wildman–Crippen MR) is 97.6 cm³/mol. The van der Waals surface area contributed by atoms with Crippen LogP contribution in [0.4, 0.5) is 0 Å². The number of para-hydroxylation sites is 1. The highest BCUT2D eigenvalue weighted by molar-refractivity contribution is 7.99. The van der Waals surface area contributed by atoms with E-state index in [1.165, 1.54) is 11.8 Å². The Bertz CT molecular complexity index is 1020. The van der Waals surface area contributed by atoms with Gasteiger partial charge in [0.2, 0.25) is 5.91 Å². The molecule has 0 bridgehead atoms. The topological polar surface area (TPSA) is 97.0 Å². The van der Waals surface area contributed by atoms with Crippen LogP contribution in [0.3, 0.4) is 0 Å². The molecule has 0 radical (unpaired) electrons. The number of H-pyrrole nitrogens is 1. The number of aromatic amines is 1. The van der Waals surface area contributed by atoms with Gasteiger partial charge in [0.1, 0.15) is 5.76 Å². The summed E-state index contributed by atoms with van der Waals surface area (Å²) in [6, 6.07) is 11.3. The van der Waals surface area contributed by atoms with Crippen LogP contribution in [-0.2, 0) is 4.79 Å². The van der Waals surface area contributed by atoms with Gasteiger partial charge >= 0.3 is 0 Å². The van der Waals surface area contributed by atoms with Crippen LogP contribution in [0.25, 0.3) is 22.4 Å². The first-order valence-corrected chi connectivity index (χ1v) is 9.05. The molecule has 0 aliphatic rings. The van der Waals surface area contributed by atoms with Crippen molar-refractivity contribution < 1.29 is 13.6 Å². The number of rotatable bonds is 6. The minimum absolute atomic E-state index is 0.134. The second kappa shape index (κ2) is 7.09. The van der Waals surface area contributed by atoms with Crippen LogP contribution >= 0.6 is 11.8 Å². The second-order valence-electron chi connectivity index (χ2n) is 5.71. The van der Waals surface area contributed by atoms with Crippen molar-refractivity contribution in [2.45, 2.75) is 18.2 Å². The fourth-order valence-electron chi connectivity index (χ4n) is 2.64. The molecule has 4 rings (SSSR count). The first-order chi connectivity index (χ1) is 12.7. The van der Waals surface area contributed by atoms with Crippen molar-refractivity contribution in [1.29, 1.82) is 0 Å². The molecule has 1 amide bonds. The molecule has 0 unspecified atom stereocenters. The van der Waals surface area contributed by atoms with Crippen LogP contribution in [0.1, 0.15) is 18.7 Å². The van der Waals surface area contributed by atoms with Gasteiger partial charge in [-0.05, 0) is 25.1 Å². The van der Waals surface area contributed by atoms with E-state index in [1.807, 2.05) is 43.5 Å². The summed E-state index contributed by atoms with van der Waals surface area (Å²) in [6.45, 7) is 1.86. The van der Waals surface area contributed by atoms with Gasteiger partial charge in [0.05, 0.1) is 23.6 Å². The van der Waals surface area contributed by atoms with Gasteiger partial charge < -0.3 is 19.1 Å². The van der Waals surface area contributed by atoms with Gasteiger partial charge in [0.25, 0.3) is 11.1 Å². The molecule has 0 aliphatic heterocycles. The zero-order chi connectivity index (χ0) is 17.9. The summed E-state index contributed by atoms with van der Waals surface area (Å²) in [5.74, 6) is 1.18. The lowest BCUT2D eigenvalue weighted by atomic mass is 10.2. The van der Waals surface area contributed by atoms with Gasteiger partial charge in [0, 0.05) is 17.1 Å². The Labute approximate surface area is 153 Å². The van der Waals surface area contributed by atoms with Crippen LogP contribution in [-0.4, -0.2) is 26.8 Å². The molecule has 0 saturated heterocycles. The zero-order valence-corrected chi connectivity index (χ0v) is 14.7. The predicted octanol–water partition coefficient (Wildman–Crippen LogP) is 3.78. The highest BCUT2D eigenvalue weighted by Crippen LogP contribution is 2.29. The maximum Gasteiger partial charge on any atom is 0.277 e. The molecular weight excluding hydrogens is 352 g/mol. The first-order valence-electron chi connectivity index (χ1n) is 8.06. The summed E-state index contributed by atoms with van der Waals surface area (Å²) in [5.41, 5.74) is 1.84. The van der Waals surface area contributed by atoms with E-state index in [0.717, 1.165) is 16.5 Å². The molecule has 7 nitrogen and oxygen atoms in total. The lowest BCUT2D eigenvalue weighted by Crippen LogP contribution is -2.27. The van der Waals surface area contributed by atoms with Gasteiger partial charge in [-0.25, -0.2) is 0 Å². The van der Waals surface area contributed by atoms with Crippen molar-refractivity contribution in [2.24, 2.45) is 0 Å². The Morgan fingerprint density at radius 1 is 1.27 bits per heavy atom. The number of furan rings is 1. The number of carbonyl (C=O) groups is 1. The minimum Gasteiger partial charge on any atom is -0.467 e. The van der Waals surface area contributed by atoms with Crippen molar-refractivity contribution in [1.82, 2.24) is 20.5 Å². The summed E-state index contributed by atoms with van der Waals surface area (Å²) in [5, 5.41) is 12.3. The lowest BCUT2D eigenvalue weighted by Gasteiger charge is -2.10. The molecule has 0 fully saturated rings. The first kappa shape index (κ1) is 16.5. The number of amides is 1. The lowest BCUT2D eigenvalue weighted by molar-refractivity contribution is -0.119. The SMILES string of the molecule is C[C@@H](NC(=O)CSc1nnc(-c2c[nH]c3ccccc23)o1)c1ccco1. The van der Waals surface area contributed by atoms with Crippen LogP contribution < -0.4 is 5.32 Å². The van der Waals surface area contributed by atoms with Gasteiger partial charge in [-0.15, -0.1) is 10.2 Å². The van der Waals surface area contributed by atoms with Crippen molar-refractivity contribution >= 4 is 28.6 Å². The van der Waals surface area contributed by atoms with E-state index in [2.05, 4.69) is 20.5 Å². The molecule has 3 aromatic heterocycles. The van der Waals surface area contributed by atoms with Gasteiger partial charge in [0.15, 0.2) is 0 Å². The molecule has 0 aliphatic carbocycles. The Morgan fingerprint density at radius 3 is 3.00 bits per heavy atom. The number of fused-ring (bicyclic) bond motifs is 1. The summed E-state index contributed by atoms with van der Waals surface area (Å²) < 4.78 is 11.0. The Kier molecular flexibility index (Phi) is 4.49. The van der Waals surface area contributed by atoms with Crippen LogP contribution in [0, 0.1) is 0 Å². The molecule has 1 aromatic carbocycles. The number of nitrogens with one attached hydrogen (secondary N) is 2. The van der Waals surface area contributed by atoms with E-state index in [-0.39, 0.29) is 17.7 Å². The number of carbonyl (C=O) groups excluding carboxylic acids is 1. The number of hydrogen-bond acceptors (Lipinski definition) is 6. The van der Waals surface area contributed by atoms with Crippen LogP contribution in [0.5, 0.6) is 0 Å². The average molecular weight is 368 g/mol. The van der Waals surface area contributed by atoms with E-state index < -0.39 is 0 Å². The third-order valence-electron chi connectivity index (χ3n) is 3.90. The molecule has 0 spiro atoms. The number of nitrogens with zero attached hydrogens (tertiary/aromatic N) is 2. The molecule has 2 N–H and O–H groups in total. The monoisotopic (exact) mass is 368 g/mol. The molecule has 3 heterocycles. The summed E-state index contributed by atoms with van der Waals surface area (Å²) in [4.78, 5) is 15.2. The molecule has 1 atom stereocenters. The minimum atomic E-state index is -0.192. The highest BCUT2D eigenvalue weighted by Gasteiger charge is 2.16. The number of aromatic nitrogens is 3. The van der Waals surface area contributed by atoms with Gasteiger partial charge in [-0.3, -0.25) is 4.79 Å². The average Bonchev–Trinajstić information content (AvgIpc) is 3.39. The fourth-order valence-corrected chi connectivity index (χ4v) is 3.22. The third-order valence-corrected chi connectivity index (χ3v) is 4.72. The Morgan fingerprint density at radius 2 is 2.15 bits per heavy atom. The molecule has 4 aromatic rings.